The standard InChI is InChI=1S/C12H19N5O2S/c1-8-11(7-13-15-8)5-4-6-14-20(18,19)12-9(2)16-17-10(12)3/h7,14H,4-6H2,1-3H3,(H,13,15)(H,16,17). The maximum absolute atomic E-state index is 12.2. The minimum absolute atomic E-state index is 0.247. The zero-order valence-electron chi connectivity index (χ0n) is 11.8. The van der Waals surface area contributed by atoms with Crippen LogP contribution in [0.15, 0.2) is 11.1 Å². The third kappa shape index (κ3) is 3.07. The fraction of sp³-hybridized carbons (Fsp3) is 0.500. The van der Waals surface area contributed by atoms with Crippen LogP contribution in [-0.2, 0) is 16.4 Å². The molecule has 0 radical (unpaired) electrons. The van der Waals surface area contributed by atoms with Crippen LogP contribution >= 0.6 is 0 Å². The van der Waals surface area contributed by atoms with Crippen LogP contribution in [0.1, 0.15) is 29.1 Å². The Labute approximate surface area is 118 Å². The predicted octanol–water partition coefficient (Wildman–Crippen LogP) is 0.969. The molecule has 110 valence electrons. The summed E-state index contributed by atoms with van der Waals surface area (Å²) in [6.45, 7) is 5.71. The van der Waals surface area contributed by atoms with E-state index in [4.69, 9.17) is 0 Å². The van der Waals surface area contributed by atoms with E-state index in [-0.39, 0.29) is 4.90 Å². The van der Waals surface area contributed by atoms with Crippen LogP contribution in [0, 0.1) is 20.8 Å². The lowest BCUT2D eigenvalue weighted by molar-refractivity contribution is 0.578. The molecule has 0 aliphatic rings. The molecule has 3 N–H and O–H groups in total. The summed E-state index contributed by atoms with van der Waals surface area (Å²) in [7, 11) is -3.50. The molecule has 0 bridgehead atoms. The first-order valence-corrected chi connectivity index (χ1v) is 7.90. The molecule has 2 rings (SSSR count). The molecule has 0 fully saturated rings. The van der Waals surface area contributed by atoms with E-state index in [1.165, 1.54) is 0 Å². The molecule has 8 heteroatoms. The summed E-state index contributed by atoms with van der Waals surface area (Å²) < 4.78 is 27.0. The predicted molar refractivity (Wildman–Crippen MR) is 74.9 cm³/mol. The second-order valence-electron chi connectivity index (χ2n) is 4.78. The largest absolute Gasteiger partial charge is 0.283 e. The molecule has 2 heterocycles. The summed E-state index contributed by atoms with van der Waals surface area (Å²) in [6, 6.07) is 0. The van der Waals surface area contributed by atoms with Gasteiger partial charge in [0, 0.05) is 12.2 Å². The first-order valence-electron chi connectivity index (χ1n) is 6.42. The molecule has 0 saturated carbocycles. The van der Waals surface area contributed by atoms with Crippen molar-refractivity contribution in [1.82, 2.24) is 25.1 Å². The molecule has 0 atom stereocenters. The second kappa shape index (κ2) is 5.76. The number of aryl methyl sites for hydroxylation is 4. The van der Waals surface area contributed by atoms with Gasteiger partial charge in [-0.2, -0.15) is 10.2 Å². The summed E-state index contributed by atoms with van der Waals surface area (Å²) >= 11 is 0. The molecule has 0 aliphatic heterocycles. The third-order valence-corrected chi connectivity index (χ3v) is 4.90. The fourth-order valence-corrected chi connectivity index (χ4v) is 3.56. The molecule has 2 aromatic heterocycles. The van der Waals surface area contributed by atoms with Crippen LogP contribution < -0.4 is 4.72 Å². The van der Waals surface area contributed by atoms with Gasteiger partial charge in [-0.1, -0.05) is 0 Å². The van der Waals surface area contributed by atoms with Crippen molar-refractivity contribution in [2.45, 2.75) is 38.5 Å². The molecule has 20 heavy (non-hydrogen) atoms. The maximum Gasteiger partial charge on any atom is 0.244 e. The monoisotopic (exact) mass is 297 g/mol. The molecular weight excluding hydrogens is 278 g/mol. The van der Waals surface area contributed by atoms with Crippen molar-refractivity contribution < 1.29 is 8.42 Å². The van der Waals surface area contributed by atoms with Crippen LogP contribution in [0.25, 0.3) is 0 Å². The van der Waals surface area contributed by atoms with Crippen molar-refractivity contribution in [2.24, 2.45) is 0 Å². The van der Waals surface area contributed by atoms with E-state index in [1.54, 1.807) is 20.0 Å². The molecule has 7 nitrogen and oxygen atoms in total. The molecule has 0 unspecified atom stereocenters. The zero-order chi connectivity index (χ0) is 14.8. The second-order valence-corrected chi connectivity index (χ2v) is 6.49. The molecular formula is C12H19N5O2S. The molecule has 0 spiro atoms. The van der Waals surface area contributed by atoms with Gasteiger partial charge in [0.05, 0.1) is 17.6 Å². The van der Waals surface area contributed by atoms with Gasteiger partial charge in [0.1, 0.15) is 4.90 Å². The zero-order valence-corrected chi connectivity index (χ0v) is 12.6. The van der Waals surface area contributed by atoms with Crippen molar-refractivity contribution >= 4 is 10.0 Å². The summed E-state index contributed by atoms with van der Waals surface area (Å²) in [5.74, 6) is 0. The number of hydrogen-bond donors (Lipinski definition) is 3. The number of sulfonamides is 1. The Morgan fingerprint density at radius 2 is 1.95 bits per heavy atom. The van der Waals surface area contributed by atoms with Crippen LogP contribution in [0.2, 0.25) is 0 Å². The highest BCUT2D eigenvalue weighted by atomic mass is 32.2. The van der Waals surface area contributed by atoms with Gasteiger partial charge in [-0.3, -0.25) is 10.2 Å². The van der Waals surface area contributed by atoms with Crippen molar-refractivity contribution in [1.29, 1.82) is 0 Å². The van der Waals surface area contributed by atoms with Crippen molar-refractivity contribution in [2.75, 3.05) is 6.54 Å². The van der Waals surface area contributed by atoms with E-state index in [2.05, 4.69) is 25.1 Å². The van der Waals surface area contributed by atoms with Gasteiger partial charge >= 0.3 is 0 Å². The lowest BCUT2D eigenvalue weighted by Gasteiger charge is -2.06. The Bertz CT molecular complexity index is 667. The molecule has 2 aromatic rings. The first kappa shape index (κ1) is 14.7. The van der Waals surface area contributed by atoms with E-state index >= 15 is 0 Å². The van der Waals surface area contributed by atoms with E-state index in [0.29, 0.717) is 17.9 Å². The Morgan fingerprint density at radius 1 is 1.20 bits per heavy atom. The third-order valence-electron chi connectivity index (χ3n) is 3.18. The smallest absolute Gasteiger partial charge is 0.244 e. The molecule has 0 saturated heterocycles. The highest BCUT2D eigenvalue weighted by Crippen LogP contribution is 2.16. The average Bonchev–Trinajstić information content (AvgIpc) is 2.92. The van der Waals surface area contributed by atoms with E-state index < -0.39 is 10.0 Å². The fourth-order valence-electron chi connectivity index (χ4n) is 2.12. The van der Waals surface area contributed by atoms with E-state index in [1.807, 2.05) is 6.92 Å². The molecule has 0 aliphatic carbocycles. The molecule has 0 amide bonds. The number of hydrogen-bond acceptors (Lipinski definition) is 4. The van der Waals surface area contributed by atoms with Gasteiger partial charge in [-0.25, -0.2) is 13.1 Å². The maximum atomic E-state index is 12.2. The van der Waals surface area contributed by atoms with Gasteiger partial charge < -0.3 is 0 Å². The Morgan fingerprint density at radius 3 is 2.50 bits per heavy atom. The average molecular weight is 297 g/mol. The lowest BCUT2D eigenvalue weighted by atomic mass is 10.1. The van der Waals surface area contributed by atoms with Crippen molar-refractivity contribution in [3.8, 4) is 0 Å². The number of aromatic nitrogens is 4. The van der Waals surface area contributed by atoms with Crippen molar-refractivity contribution in [3.63, 3.8) is 0 Å². The van der Waals surface area contributed by atoms with Crippen LogP contribution in [0.4, 0.5) is 0 Å². The van der Waals surface area contributed by atoms with Crippen LogP contribution in [0.5, 0.6) is 0 Å². The number of nitrogens with one attached hydrogen (secondary N) is 3. The highest BCUT2D eigenvalue weighted by molar-refractivity contribution is 7.89. The lowest BCUT2D eigenvalue weighted by Crippen LogP contribution is -2.26. The summed E-state index contributed by atoms with van der Waals surface area (Å²) in [5, 5.41) is 13.4. The Kier molecular flexibility index (Phi) is 4.24. The SMILES string of the molecule is Cc1n[nH]c(C)c1S(=O)(=O)NCCCc1cn[nH]c1C. The molecule has 0 aromatic carbocycles. The topological polar surface area (TPSA) is 104 Å². The normalized spacial score (nSPS) is 11.9. The number of H-pyrrole nitrogens is 2. The quantitative estimate of drug-likeness (QED) is 0.691. The van der Waals surface area contributed by atoms with Crippen LogP contribution in [0.3, 0.4) is 0 Å². The number of aromatic amines is 2. The number of nitrogens with zero attached hydrogens (tertiary/aromatic N) is 2. The van der Waals surface area contributed by atoms with Gasteiger partial charge in [-0.05, 0) is 39.2 Å². The minimum atomic E-state index is -3.50. The van der Waals surface area contributed by atoms with Crippen LogP contribution in [-0.4, -0.2) is 35.4 Å². The summed E-state index contributed by atoms with van der Waals surface area (Å²) in [6.07, 6.45) is 3.28. The van der Waals surface area contributed by atoms with E-state index in [0.717, 1.165) is 24.1 Å². The Hall–Kier alpha value is -1.67. The number of rotatable bonds is 6. The van der Waals surface area contributed by atoms with E-state index in [9.17, 15) is 8.42 Å². The van der Waals surface area contributed by atoms with Gasteiger partial charge in [-0.15, -0.1) is 0 Å². The highest BCUT2D eigenvalue weighted by Gasteiger charge is 2.21. The first-order chi connectivity index (χ1) is 9.42. The van der Waals surface area contributed by atoms with Gasteiger partial charge in [0.15, 0.2) is 0 Å². The van der Waals surface area contributed by atoms with Gasteiger partial charge in [0.25, 0.3) is 0 Å². The van der Waals surface area contributed by atoms with Crippen molar-refractivity contribution in [3.05, 3.63) is 28.8 Å². The summed E-state index contributed by atoms with van der Waals surface area (Å²) in [5.41, 5.74) is 3.18. The van der Waals surface area contributed by atoms with Gasteiger partial charge in [0.2, 0.25) is 10.0 Å². The summed E-state index contributed by atoms with van der Waals surface area (Å²) in [4.78, 5) is 0.247. The minimum Gasteiger partial charge on any atom is -0.283 e. The Balaban J connectivity index is 1.92.